The number of halogens is 1. The highest BCUT2D eigenvalue weighted by Gasteiger charge is 2.29. The van der Waals surface area contributed by atoms with Crippen LogP contribution >= 0.6 is 12.4 Å². The van der Waals surface area contributed by atoms with E-state index in [0.29, 0.717) is 19.0 Å². The number of carbonyl (C=O) groups is 1. The molecule has 0 saturated carbocycles. The molecule has 1 aromatic rings. The second-order valence-corrected chi connectivity index (χ2v) is 6.35. The maximum Gasteiger partial charge on any atom is 0.249 e. The summed E-state index contributed by atoms with van der Waals surface area (Å²) in [6, 6.07) is 8.75. The van der Waals surface area contributed by atoms with Gasteiger partial charge < -0.3 is 15.8 Å². The highest BCUT2D eigenvalue weighted by atomic mass is 35.5. The minimum atomic E-state index is -0.307. The van der Waals surface area contributed by atoms with Gasteiger partial charge in [-0.3, -0.25) is 4.79 Å². The van der Waals surface area contributed by atoms with Crippen LogP contribution in [0.4, 0.5) is 0 Å². The standard InChI is InChI=1S/C18H28N2O2.ClH/c1-13(2)15-7-5-14(6-8-15)4-3-11-20-18(21)17-10-9-16(12-19)22-17;/h5-8,13,16-17H,3-4,9-12,19H2,1-2H3,(H,20,21);1H/t16-,17+;/m1./s1. The van der Waals surface area contributed by atoms with Crippen LogP contribution in [0.15, 0.2) is 24.3 Å². The van der Waals surface area contributed by atoms with E-state index in [-0.39, 0.29) is 30.5 Å². The number of nitrogens with two attached hydrogens (primary N) is 1. The lowest BCUT2D eigenvalue weighted by Crippen LogP contribution is -2.36. The Kier molecular flexibility index (Phi) is 8.59. The highest BCUT2D eigenvalue weighted by Crippen LogP contribution is 2.19. The molecule has 1 heterocycles. The molecule has 2 rings (SSSR count). The van der Waals surface area contributed by atoms with Crippen LogP contribution in [0.3, 0.4) is 0 Å². The highest BCUT2D eigenvalue weighted by molar-refractivity contribution is 5.85. The maximum absolute atomic E-state index is 12.0. The molecule has 130 valence electrons. The van der Waals surface area contributed by atoms with Crippen molar-refractivity contribution in [3.8, 4) is 0 Å². The fourth-order valence-electron chi connectivity index (χ4n) is 2.76. The number of nitrogens with one attached hydrogen (secondary N) is 1. The minimum absolute atomic E-state index is 0. The van der Waals surface area contributed by atoms with E-state index in [4.69, 9.17) is 10.5 Å². The Morgan fingerprint density at radius 3 is 2.57 bits per heavy atom. The Bertz CT molecular complexity index is 476. The zero-order chi connectivity index (χ0) is 15.9. The maximum atomic E-state index is 12.0. The Morgan fingerprint density at radius 2 is 2.00 bits per heavy atom. The van der Waals surface area contributed by atoms with Gasteiger partial charge in [-0.2, -0.15) is 0 Å². The Balaban J connectivity index is 0.00000264. The van der Waals surface area contributed by atoms with Gasteiger partial charge in [0.2, 0.25) is 5.91 Å². The van der Waals surface area contributed by atoms with Crippen molar-refractivity contribution in [3.05, 3.63) is 35.4 Å². The van der Waals surface area contributed by atoms with Crippen molar-refractivity contribution in [3.63, 3.8) is 0 Å². The third-order valence-corrected chi connectivity index (χ3v) is 4.25. The summed E-state index contributed by atoms with van der Waals surface area (Å²) in [6.45, 7) is 5.59. The van der Waals surface area contributed by atoms with Gasteiger partial charge in [0.25, 0.3) is 0 Å². The van der Waals surface area contributed by atoms with Gasteiger partial charge in [0.05, 0.1) is 6.10 Å². The number of hydrogen-bond acceptors (Lipinski definition) is 3. The summed E-state index contributed by atoms with van der Waals surface area (Å²) in [5.74, 6) is 0.572. The van der Waals surface area contributed by atoms with Crippen molar-refractivity contribution in [2.75, 3.05) is 13.1 Å². The van der Waals surface area contributed by atoms with Gasteiger partial charge in [-0.1, -0.05) is 38.1 Å². The van der Waals surface area contributed by atoms with Gasteiger partial charge in [0, 0.05) is 13.1 Å². The summed E-state index contributed by atoms with van der Waals surface area (Å²) in [7, 11) is 0. The molecule has 1 aliphatic heterocycles. The van der Waals surface area contributed by atoms with Crippen molar-refractivity contribution in [2.24, 2.45) is 5.73 Å². The smallest absolute Gasteiger partial charge is 0.249 e. The number of amides is 1. The summed E-state index contributed by atoms with van der Waals surface area (Å²) >= 11 is 0. The molecule has 1 fully saturated rings. The average Bonchev–Trinajstić information content (AvgIpc) is 3.01. The van der Waals surface area contributed by atoms with E-state index >= 15 is 0 Å². The Labute approximate surface area is 145 Å². The van der Waals surface area contributed by atoms with E-state index in [2.05, 4.69) is 43.4 Å². The third-order valence-electron chi connectivity index (χ3n) is 4.25. The quantitative estimate of drug-likeness (QED) is 0.750. The SMILES string of the molecule is CC(C)c1ccc(CCCNC(=O)[C@@H]2CC[C@H](CN)O2)cc1.Cl. The molecule has 0 radical (unpaired) electrons. The number of carbonyl (C=O) groups excluding carboxylic acids is 1. The van der Waals surface area contributed by atoms with Crippen LogP contribution in [-0.4, -0.2) is 31.2 Å². The molecule has 0 unspecified atom stereocenters. The number of benzene rings is 1. The number of ether oxygens (including phenoxy) is 1. The molecule has 0 spiro atoms. The van der Waals surface area contributed by atoms with Gasteiger partial charge in [-0.05, 0) is 42.7 Å². The van der Waals surface area contributed by atoms with E-state index in [1.165, 1.54) is 11.1 Å². The molecule has 2 atom stereocenters. The zero-order valence-electron chi connectivity index (χ0n) is 14.1. The summed E-state index contributed by atoms with van der Waals surface area (Å²) in [6.07, 6.45) is 3.34. The lowest BCUT2D eigenvalue weighted by Gasteiger charge is -2.12. The Hall–Kier alpha value is -1.10. The largest absolute Gasteiger partial charge is 0.364 e. The molecule has 1 aliphatic rings. The van der Waals surface area contributed by atoms with Crippen LogP contribution in [-0.2, 0) is 16.0 Å². The summed E-state index contributed by atoms with van der Waals surface area (Å²) in [4.78, 5) is 12.0. The van der Waals surface area contributed by atoms with Crippen LogP contribution < -0.4 is 11.1 Å². The molecular formula is C18H29ClN2O2. The molecule has 3 N–H and O–H groups in total. The molecule has 0 aliphatic carbocycles. The fourth-order valence-corrected chi connectivity index (χ4v) is 2.76. The number of rotatable bonds is 7. The summed E-state index contributed by atoms with van der Waals surface area (Å²) in [5, 5.41) is 2.96. The van der Waals surface area contributed by atoms with Gasteiger partial charge in [0.1, 0.15) is 6.10 Å². The van der Waals surface area contributed by atoms with Crippen molar-refractivity contribution in [1.29, 1.82) is 0 Å². The minimum Gasteiger partial charge on any atom is -0.364 e. The topological polar surface area (TPSA) is 64.4 Å². The molecule has 0 aromatic heterocycles. The average molecular weight is 341 g/mol. The van der Waals surface area contributed by atoms with Crippen molar-refractivity contribution >= 4 is 18.3 Å². The van der Waals surface area contributed by atoms with Gasteiger partial charge in [-0.25, -0.2) is 0 Å². The summed E-state index contributed by atoms with van der Waals surface area (Å²) in [5.41, 5.74) is 8.24. The molecule has 1 saturated heterocycles. The van der Waals surface area contributed by atoms with Gasteiger partial charge in [-0.15, -0.1) is 12.4 Å². The predicted molar refractivity (Wildman–Crippen MR) is 96.1 cm³/mol. The molecule has 23 heavy (non-hydrogen) atoms. The van der Waals surface area contributed by atoms with Crippen LogP contribution in [0, 0.1) is 0 Å². The van der Waals surface area contributed by atoms with Gasteiger partial charge in [0.15, 0.2) is 0 Å². The predicted octanol–water partition coefficient (Wildman–Crippen LogP) is 2.79. The number of aryl methyl sites for hydroxylation is 1. The summed E-state index contributed by atoms with van der Waals surface area (Å²) < 4.78 is 5.59. The lowest BCUT2D eigenvalue weighted by atomic mass is 10.0. The van der Waals surface area contributed by atoms with E-state index < -0.39 is 0 Å². The molecule has 0 bridgehead atoms. The van der Waals surface area contributed by atoms with Crippen molar-refractivity contribution in [2.45, 2.75) is 57.7 Å². The zero-order valence-corrected chi connectivity index (χ0v) is 14.9. The second-order valence-electron chi connectivity index (χ2n) is 6.35. The van der Waals surface area contributed by atoms with E-state index in [1.54, 1.807) is 0 Å². The van der Waals surface area contributed by atoms with Crippen LogP contribution in [0.25, 0.3) is 0 Å². The third kappa shape index (κ3) is 6.13. The molecule has 5 heteroatoms. The number of hydrogen-bond donors (Lipinski definition) is 2. The monoisotopic (exact) mass is 340 g/mol. The normalized spacial score (nSPS) is 20.3. The van der Waals surface area contributed by atoms with E-state index in [0.717, 1.165) is 25.7 Å². The Morgan fingerprint density at radius 1 is 1.30 bits per heavy atom. The molecule has 1 aromatic carbocycles. The first kappa shape index (κ1) is 19.9. The molecular weight excluding hydrogens is 312 g/mol. The van der Waals surface area contributed by atoms with Crippen molar-refractivity contribution < 1.29 is 9.53 Å². The second kappa shape index (κ2) is 9.91. The first-order chi connectivity index (χ1) is 10.6. The van der Waals surface area contributed by atoms with E-state index in [9.17, 15) is 4.79 Å². The van der Waals surface area contributed by atoms with E-state index in [1.807, 2.05) is 0 Å². The van der Waals surface area contributed by atoms with Gasteiger partial charge >= 0.3 is 0 Å². The first-order valence-electron chi connectivity index (χ1n) is 8.32. The molecule has 1 amide bonds. The van der Waals surface area contributed by atoms with Crippen molar-refractivity contribution in [1.82, 2.24) is 5.32 Å². The molecule has 4 nitrogen and oxygen atoms in total. The van der Waals surface area contributed by atoms with Crippen LogP contribution in [0.5, 0.6) is 0 Å². The van der Waals surface area contributed by atoms with Crippen LogP contribution in [0.1, 0.15) is 50.2 Å². The first-order valence-corrected chi connectivity index (χ1v) is 8.32. The fraction of sp³-hybridized carbons (Fsp3) is 0.611. The van der Waals surface area contributed by atoms with Crippen LogP contribution in [0.2, 0.25) is 0 Å². The lowest BCUT2D eigenvalue weighted by molar-refractivity contribution is -0.131.